The molecule has 0 radical (unpaired) electrons. The summed E-state index contributed by atoms with van der Waals surface area (Å²) in [5.74, 6) is 0.720. The van der Waals surface area contributed by atoms with Crippen LogP contribution in [0.5, 0.6) is 0 Å². The lowest BCUT2D eigenvalue weighted by Gasteiger charge is -2.11. The normalized spacial score (nSPS) is 10.9. The lowest BCUT2D eigenvalue weighted by atomic mass is 10.2. The number of nitrogens with zero attached hydrogens (tertiary/aromatic N) is 2. The first-order valence-electron chi connectivity index (χ1n) is 6.66. The van der Waals surface area contributed by atoms with Gasteiger partial charge in [0.05, 0.1) is 12.3 Å². The number of nitrogens with one attached hydrogen (secondary N) is 1. The monoisotopic (exact) mass is 277 g/mol. The van der Waals surface area contributed by atoms with Crippen LogP contribution in [-0.4, -0.2) is 29.8 Å². The molecule has 0 saturated heterocycles. The molecule has 4 nitrogen and oxygen atoms in total. The van der Waals surface area contributed by atoms with Crippen molar-refractivity contribution in [3.63, 3.8) is 0 Å². The zero-order valence-electron chi connectivity index (χ0n) is 11.9. The maximum absolute atomic E-state index is 13.2. The van der Waals surface area contributed by atoms with E-state index in [1.165, 1.54) is 6.07 Å². The number of halogens is 1. The molecule has 0 aliphatic rings. The lowest BCUT2D eigenvalue weighted by Crippen LogP contribution is -2.21. The Balaban J connectivity index is 2.05. The van der Waals surface area contributed by atoms with Crippen LogP contribution in [0.1, 0.15) is 17.1 Å². The summed E-state index contributed by atoms with van der Waals surface area (Å²) in [5, 5.41) is 3.29. The number of aryl methyl sites for hydroxylation is 1. The van der Waals surface area contributed by atoms with Crippen LogP contribution in [0.4, 0.5) is 4.39 Å². The predicted molar refractivity (Wildman–Crippen MR) is 76.0 cm³/mol. The van der Waals surface area contributed by atoms with Crippen molar-refractivity contribution in [3.8, 4) is 0 Å². The lowest BCUT2D eigenvalue weighted by molar-refractivity contribution is 0.199. The minimum Gasteiger partial charge on any atom is -0.383 e. The Morgan fingerprint density at radius 1 is 1.40 bits per heavy atom. The van der Waals surface area contributed by atoms with E-state index in [0.29, 0.717) is 13.2 Å². The third kappa shape index (κ3) is 3.88. The molecule has 0 aliphatic carbocycles. The Labute approximate surface area is 118 Å². The smallest absolute Gasteiger partial charge is 0.123 e. The summed E-state index contributed by atoms with van der Waals surface area (Å²) in [6, 6.07) is 6.66. The van der Waals surface area contributed by atoms with Gasteiger partial charge in [-0.15, -0.1) is 0 Å². The van der Waals surface area contributed by atoms with Crippen LogP contribution in [0, 0.1) is 12.7 Å². The van der Waals surface area contributed by atoms with Crippen LogP contribution in [0.15, 0.2) is 30.5 Å². The SMILES string of the molecule is COCCNCc1cnc(C)n1Cc1cccc(F)c1. The van der Waals surface area contributed by atoms with Gasteiger partial charge in [-0.3, -0.25) is 0 Å². The highest BCUT2D eigenvalue weighted by molar-refractivity contribution is 5.18. The molecule has 1 aromatic heterocycles. The van der Waals surface area contributed by atoms with Gasteiger partial charge in [-0.2, -0.15) is 0 Å². The van der Waals surface area contributed by atoms with E-state index < -0.39 is 0 Å². The van der Waals surface area contributed by atoms with E-state index in [2.05, 4.69) is 14.9 Å². The highest BCUT2D eigenvalue weighted by Crippen LogP contribution is 2.11. The molecule has 0 aliphatic heterocycles. The number of hydrogen-bond acceptors (Lipinski definition) is 3. The van der Waals surface area contributed by atoms with Crippen molar-refractivity contribution in [1.29, 1.82) is 0 Å². The van der Waals surface area contributed by atoms with E-state index in [1.807, 2.05) is 19.2 Å². The second kappa shape index (κ2) is 7.17. The summed E-state index contributed by atoms with van der Waals surface area (Å²) in [4.78, 5) is 4.33. The molecule has 1 aromatic carbocycles. The molecule has 108 valence electrons. The Morgan fingerprint density at radius 3 is 3.00 bits per heavy atom. The van der Waals surface area contributed by atoms with E-state index in [-0.39, 0.29) is 5.82 Å². The molecule has 0 bridgehead atoms. The number of methoxy groups -OCH3 is 1. The third-order valence-electron chi connectivity index (χ3n) is 3.16. The summed E-state index contributed by atoms with van der Waals surface area (Å²) in [5.41, 5.74) is 2.02. The molecule has 0 amide bonds. The van der Waals surface area contributed by atoms with Crippen LogP contribution in [0.3, 0.4) is 0 Å². The second-order valence-electron chi connectivity index (χ2n) is 4.68. The Kier molecular flexibility index (Phi) is 5.26. The number of imidazole rings is 1. The first-order valence-corrected chi connectivity index (χ1v) is 6.66. The molecule has 0 atom stereocenters. The van der Waals surface area contributed by atoms with Crippen molar-refractivity contribution >= 4 is 0 Å². The minimum atomic E-state index is -0.208. The maximum atomic E-state index is 13.2. The summed E-state index contributed by atoms with van der Waals surface area (Å²) >= 11 is 0. The number of aromatic nitrogens is 2. The number of rotatable bonds is 7. The average molecular weight is 277 g/mol. The van der Waals surface area contributed by atoms with Crippen LogP contribution in [-0.2, 0) is 17.8 Å². The Bertz CT molecular complexity index is 554. The quantitative estimate of drug-likeness (QED) is 0.788. The van der Waals surface area contributed by atoms with Crippen molar-refractivity contribution in [1.82, 2.24) is 14.9 Å². The van der Waals surface area contributed by atoms with E-state index in [1.54, 1.807) is 19.2 Å². The van der Waals surface area contributed by atoms with Gasteiger partial charge in [0, 0.05) is 32.9 Å². The Hall–Kier alpha value is -1.72. The number of ether oxygens (including phenoxy) is 1. The third-order valence-corrected chi connectivity index (χ3v) is 3.16. The fourth-order valence-corrected chi connectivity index (χ4v) is 2.08. The zero-order chi connectivity index (χ0) is 14.4. The van der Waals surface area contributed by atoms with Crippen LogP contribution < -0.4 is 5.32 Å². The van der Waals surface area contributed by atoms with Crippen molar-refractivity contribution < 1.29 is 9.13 Å². The highest BCUT2D eigenvalue weighted by Gasteiger charge is 2.07. The molecule has 1 heterocycles. The van der Waals surface area contributed by atoms with E-state index in [9.17, 15) is 4.39 Å². The molecule has 1 N–H and O–H groups in total. The summed E-state index contributed by atoms with van der Waals surface area (Å²) in [6.45, 7) is 4.78. The van der Waals surface area contributed by atoms with Crippen LogP contribution in [0.25, 0.3) is 0 Å². The van der Waals surface area contributed by atoms with Crippen molar-refractivity contribution in [2.45, 2.75) is 20.0 Å². The van der Waals surface area contributed by atoms with Gasteiger partial charge in [-0.05, 0) is 24.6 Å². The minimum absolute atomic E-state index is 0.208. The number of benzene rings is 1. The van der Waals surface area contributed by atoms with Gasteiger partial charge in [0.15, 0.2) is 0 Å². The first kappa shape index (κ1) is 14.7. The predicted octanol–water partition coefficient (Wildman–Crippen LogP) is 2.11. The number of hydrogen-bond donors (Lipinski definition) is 1. The topological polar surface area (TPSA) is 39.1 Å². The Morgan fingerprint density at radius 2 is 2.25 bits per heavy atom. The molecule has 0 unspecified atom stereocenters. The first-order chi connectivity index (χ1) is 9.70. The highest BCUT2D eigenvalue weighted by atomic mass is 19.1. The second-order valence-corrected chi connectivity index (χ2v) is 4.68. The van der Waals surface area contributed by atoms with Gasteiger partial charge in [0.1, 0.15) is 11.6 Å². The fourth-order valence-electron chi connectivity index (χ4n) is 2.08. The van der Waals surface area contributed by atoms with E-state index in [0.717, 1.165) is 30.2 Å². The maximum Gasteiger partial charge on any atom is 0.123 e. The molecule has 2 rings (SSSR count). The summed E-state index contributed by atoms with van der Waals surface area (Å²) in [6.07, 6.45) is 1.86. The van der Waals surface area contributed by atoms with Gasteiger partial charge in [-0.1, -0.05) is 12.1 Å². The molecule has 2 aromatic rings. The summed E-state index contributed by atoms with van der Waals surface area (Å²) < 4.78 is 20.3. The van der Waals surface area contributed by atoms with Gasteiger partial charge in [-0.25, -0.2) is 9.37 Å². The van der Waals surface area contributed by atoms with Gasteiger partial charge in [0.2, 0.25) is 0 Å². The molecule has 0 fully saturated rings. The molecular formula is C15H20FN3O. The largest absolute Gasteiger partial charge is 0.383 e. The van der Waals surface area contributed by atoms with Gasteiger partial charge in [0.25, 0.3) is 0 Å². The fraction of sp³-hybridized carbons (Fsp3) is 0.400. The van der Waals surface area contributed by atoms with Gasteiger partial charge >= 0.3 is 0 Å². The van der Waals surface area contributed by atoms with Crippen molar-refractivity contribution in [2.75, 3.05) is 20.3 Å². The van der Waals surface area contributed by atoms with Crippen molar-refractivity contribution in [2.24, 2.45) is 0 Å². The van der Waals surface area contributed by atoms with Crippen LogP contribution >= 0.6 is 0 Å². The molecule has 20 heavy (non-hydrogen) atoms. The standard InChI is InChI=1S/C15H20FN3O/c1-12-18-10-15(9-17-6-7-20-2)19(12)11-13-4-3-5-14(16)8-13/h3-5,8,10,17H,6-7,9,11H2,1-2H3. The molecular weight excluding hydrogens is 257 g/mol. The molecule has 5 heteroatoms. The molecule has 0 spiro atoms. The summed E-state index contributed by atoms with van der Waals surface area (Å²) in [7, 11) is 1.68. The average Bonchev–Trinajstić information content (AvgIpc) is 2.76. The van der Waals surface area contributed by atoms with Gasteiger partial charge < -0.3 is 14.6 Å². The van der Waals surface area contributed by atoms with Crippen molar-refractivity contribution in [3.05, 3.63) is 53.4 Å². The molecule has 0 saturated carbocycles. The zero-order valence-corrected chi connectivity index (χ0v) is 11.9. The van der Waals surface area contributed by atoms with Crippen LogP contribution in [0.2, 0.25) is 0 Å². The van der Waals surface area contributed by atoms with E-state index >= 15 is 0 Å². The van der Waals surface area contributed by atoms with E-state index in [4.69, 9.17) is 4.74 Å².